The summed E-state index contributed by atoms with van der Waals surface area (Å²) in [6.45, 7) is 0. The third kappa shape index (κ3) is 5.29. The van der Waals surface area contributed by atoms with Crippen molar-refractivity contribution in [3.63, 3.8) is 0 Å². The molecule has 0 radical (unpaired) electrons. The molecule has 2 nitrogen and oxygen atoms in total. The van der Waals surface area contributed by atoms with Gasteiger partial charge in [0.25, 0.3) is 0 Å². The van der Waals surface area contributed by atoms with Gasteiger partial charge in [-0.3, -0.25) is 0 Å². The van der Waals surface area contributed by atoms with Gasteiger partial charge in [-0.25, -0.2) is 13.2 Å². The summed E-state index contributed by atoms with van der Waals surface area (Å²) in [7, 11) is 3.10. The molecule has 176 valence electrons. The summed E-state index contributed by atoms with van der Waals surface area (Å²) in [6.07, 6.45) is 5.36. The molecule has 2 aromatic carbocycles. The first-order chi connectivity index (χ1) is 16.0. The highest BCUT2D eigenvalue weighted by molar-refractivity contribution is 5.73. The number of ether oxygens (including phenoxy) is 2. The molecule has 1 fully saturated rings. The molecule has 5 heteroatoms. The van der Waals surface area contributed by atoms with E-state index in [0.29, 0.717) is 40.5 Å². The van der Waals surface area contributed by atoms with Crippen LogP contribution in [0.5, 0.6) is 11.5 Å². The fourth-order valence-electron chi connectivity index (χ4n) is 5.09. The number of methoxy groups -OCH3 is 2. The second-order valence-corrected chi connectivity index (χ2v) is 9.04. The Morgan fingerprint density at radius 1 is 0.818 bits per heavy atom. The first-order valence-corrected chi connectivity index (χ1v) is 11.7. The summed E-state index contributed by atoms with van der Waals surface area (Å²) in [4.78, 5) is 0. The summed E-state index contributed by atoms with van der Waals surface area (Å²) in [5, 5.41) is 0. The monoisotopic (exact) mass is 456 g/mol. The van der Waals surface area contributed by atoms with E-state index in [0.717, 1.165) is 37.7 Å². The summed E-state index contributed by atoms with van der Waals surface area (Å²) in [6, 6.07) is 12.1. The van der Waals surface area contributed by atoms with Crippen molar-refractivity contribution in [2.24, 2.45) is 5.92 Å². The molecule has 2 atom stereocenters. The van der Waals surface area contributed by atoms with E-state index in [2.05, 4.69) is 0 Å². The van der Waals surface area contributed by atoms with Crippen molar-refractivity contribution in [1.29, 1.82) is 0 Å². The van der Waals surface area contributed by atoms with Gasteiger partial charge in [0.2, 0.25) is 0 Å². The predicted octanol–water partition coefficient (Wildman–Crippen LogP) is 7.60. The zero-order valence-electron chi connectivity index (χ0n) is 19.2. The molecule has 2 aliphatic rings. The topological polar surface area (TPSA) is 18.5 Å². The number of benzene rings is 2. The molecule has 33 heavy (non-hydrogen) atoms. The van der Waals surface area contributed by atoms with E-state index >= 15 is 0 Å². The van der Waals surface area contributed by atoms with Crippen molar-refractivity contribution >= 4 is 5.57 Å². The third-order valence-electron chi connectivity index (χ3n) is 7.14. The standard InChI is InChI=1S/C28H31F3O2/c1-32-22-12-9-20(10-13-22)25-15-11-21(27(30)28(25)31)8-5-18-3-6-19(7-4-18)24-16-14-23(33-2)17-26(24)29/h9-19,27-28H,3-8H2,1-2H3. The highest BCUT2D eigenvalue weighted by Gasteiger charge is 2.32. The second-order valence-electron chi connectivity index (χ2n) is 9.04. The minimum atomic E-state index is -1.66. The number of rotatable bonds is 7. The third-order valence-corrected chi connectivity index (χ3v) is 7.14. The van der Waals surface area contributed by atoms with Crippen LogP contribution >= 0.6 is 0 Å². The van der Waals surface area contributed by atoms with Crippen LogP contribution in [0.25, 0.3) is 5.57 Å². The minimum absolute atomic E-state index is 0.209. The van der Waals surface area contributed by atoms with E-state index < -0.39 is 12.3 Å². The van der Waals surface area contributed by atoms with Gasteiger partial charge >= 0.3 is 0 Å². The van der Waals surface area contributed by atoms with Gasteiger partial charge < -0.3 is 9.47 Å². The van der Waals surface area contributed by atoms with E-state index in [9.17, 15) is 13.2 Å². The quantitative estimate of drug-likeness (QED) is 0.427. The van der Waals surface area contributed by atoms with Gasteiger partial charge in [0.1, 0.15) is 17.3 Å². The first-order valence-electron chi connectivity index (χ1n) is 11.7. The molecular weight excluding hydrogens is 425 g/mol. The molecule has 0 N–H and O–H groups in total. The molecule has 0 heterocycles. The van der Waals surface area contributed by atoms with Gasteiger partial charge in [-0.2, -0.15) is 0 Å². The summed E-state index contributed by atoms with van der Waals surface area (Å²) in [5.74, 6) is 1.67. The lowest BCUT2D eigenvalue weighted by atomic mass is 9.76. The molecule has 1 saturated carbocycles. The first kappa shape index (κ1) is 23.5. The van der Waals surface area contributed by atoms with Crippen LogP contribution in [0.3, 0.4) is 0 Å². The van der Waals surface area contributed by atoms with Gasteiger partial charge in [-0.15, -0.1) is 0 Å². The number of hydrogen-bond donors (Lipinski definition) is 0. The lowest BCUT2D eigenvalue weighted by Gasteiger charge is -2.30. The fourth-order valence-corrected chi connectivity index (χ4v) is 5.09. The Bertz CT molecular complexity index is 1000. The van der Waals surface area contributed by atoms with Gasteiger partial charge in [-0.1, -0.05) is 30.4 Å². The van der Waals surface area contributed by atoms with Gasteiger partial charge in [0.15, 0.2) is 12.3 Å². The molecule has 2 aromatic rings. The van der Waals surface area contributed by atoms with Crippen LogP contribution in [0.2, 0.25) is 0 Å². The van der Waals surface area contributed by atoms with Crippen LogP contribution in [-0.4, -0.2) is 26.6 Å². The molecule has 2 aliphatic carbocycles. The summed E-state index contributed by atoms with van der Waals surface area (Å²) >= 11 is 0. The van der Waals surface area contributed by atoms with Gasteiger partial charge in [-0.05, 0) is 90.8 Å². The Hall–Kier alpha value is -2.69. The minimum Gasteiger partial charge on any atom is -0.497 e. The van der Waals surface area contributed by atoms with Crippen molar-refractivity contribution in [3.05, 3.63) is 77.1 Å². The molecule has 0 saturated heterocycles. The molecular formula is C28H31F3O2. The molecule has 0 amide bonds. The van der Waals surface area contributed by atoms with Crippen LogP contribution in [0.15, 0.2) is 60.2 Å². The number of alkyl halides is 2. The molecule has 4 rings (SSSR count). The number of allylic oxidation sites excluding steroid dienone is 4. The number of halogens is 3. The Morgan fingerprint density at radius 2 is 1.48 bits per heavy atom. The van der Waals surface area contributed by atoms with Crippen molar-refractivity contribution in [2.75, 3.05) is 14.2 Å². The SMILES string of the molecule is COc1ccc(C2=CC=C(CCC3CCC(c4ccc(OC)cc4F)CC3)C(F)C2F)cc1. The average molecular weight is 457 g/mol. The Morgan fingerprint density at radius 3 is 2.12 bits per heavy atom. The van der Waals surface area contributed by atoms with Crippen molar-refractivity contribution in [3.8, 4) is 11.5 Å². The fraction of sp³-hybridized carbons (Fsp3) is 0.429. The van der Waals surface area contributed by atoms with Crippen LogP contribution in [0, 0.1) is 11.7 Å². The van der Waals surface area contributed by atoms with E-state index in [4.69, 9.17) is 9.47 Å². The Balaban J connectivity index is 1.33. The number of hydrogen-bond acceptors (Lipinski definition) is 2. The molecule has 0 aliphatic heterocycles. The van der Waals surface area contributed by atoms with Crippen molar-refractivity contribution in [1.82, 2.24) is 0 Å². The lowest BCUT2D eigenvalue weighted by Crippen LogP contribution is -2.24. The lowest BCUT2D eigenvalue weighted by molar-refractivity contribution is 0.232. The molecule has 0 aromatic heterocycles. The maximum atomic E-state index is 14.9. The average Bonchev–Trinajstić information content (AvgIpc) is 2.85. The summed E-state index contributed by atoms with van der Waals surface area (Å²) < 4.78 is 54.4. The summed E-state index contributed by atoms with van der Waals surface area (Å²) in [5.41, 5.74) is 2.33. The van der Waals surface area contributed by atoms with Gasteiger partial charge in [0, 0.05) is 6.07 Å². The highest BCUT2D eigenvalue weighted by atomic mass is 19.2. The zero-order chi connectivity index (χ0) is 23.4. The zero-order valence-corrected chi connectivity index (χ0v) is 19.2. The molecule has 2 unspecified atom stereocenters. The Kier molecular flexibility index (Phi) is 7.46. The predicted molar refractivity (Wildman–Crippen MR) is 126 cm³/mol. The van der Waals surface area contributed by atoms with E-state index in [1.54, 1.807) is 43.5 Å². The molecule has 0 spiro atoms. The van der Waals surface area contributed by atoms with E-state index in [1.165, 1.54) is 13.2 Å². The highest BCUT2D eigenvalue weighted by Crippen LogP contribution is 2.41. The van der Waals surface area contributed by atoms with Crippen LogP contribution in [-0.2, 0) is 0 Å². The van der Waals surface area contributed by atoms with Crippen LogP contribution in [0.4, 0.5) is 13.2 Å². The maximum absolute atomic E-state index is 14.9. The smallest absolute Gasteiger partial charge is 0.161 e. The van der Waals surface area contributed by atoms with Gasteiger partial charge in [0.05, 0.1) is 14.2 Å². The van der Waals surface area contributed by atoms with Crippen molar-refractivity contribution < 1.29 is 22.6 Å². The van der Waals surface area contributed by atoms with Crippen molar-refractivity contribution in [2.45, 2.75) is 56.8 Å². The van der Waals surface area contributed by atoms with E-state index in [-0.39, 0.29) is 11.7 Å². The second kappa shape index (κ2) is 10.5. The largest absolute Gasteiger partial charge is 0.497 e. The normalized spacial score (nSPS) is 25.2. The van der Waals surface area contributed by atoms with Crippen LogP contribution < -0.4 is 9.47 Å². The molecule has 0 bridgehead atoms. The van der Waals surface area contributed by atoms with Crippen LogP contribution in [0.1, 0.15) is 55.6 Å². The Labute approximate surface area is 194 Å². The van der Waals surface area contributed by atoms with E-state index in [1.807, 2.05) is 12.1 Å². The maximum Gasteiger partial charge on any atom is 0.161 e.